The van der Waals surface area contributed by atoms with E-state index in [1.807, 2.05) is 26.0 Å². The molecule has 0 aliphatic carbocycles. The van der Waals surface area contributed by atoms with Crippen LogP contribution in [0.3, 0.4) is 0 Å². The molecule has 0 saturated carbocycles. The molecule has 0 radical (unpaired) electrons. The van der Waals surface area contributed by atoms with Crippen LogP contribution in [-0.4, -0.2) is 47.5 Å². The number of anilines is 1. The van der Waals surface area contributed by atoms with Gasteiger partial charge >= 0.3 is 6.09 Å². The number of nitrogens with one attached hydrogen (secondary N) is 2. The molecule has 2 N–H and O–H groups in total. The third kappa shape index (κ3) is 8.61. The molecule has 1 atom stereocenters. The normalized spacial score (nSPS) is 11.2. The molecule has 0 saturated heterocycles. The van der Waals surface area contributed by atoms with E-state index in [1.165, 1.54) is 7.05 Å². The lowest BCUT2D eigenvalue weighted by molar-refractivity contribution is -0.129. The van der Waals surface area contributed by atoms with Gasteiger partial charge in [0, 0.05) is 30.7 Å². The Bertz CT molecular complexity index is 971. The van der Waals surface area contributed by atoms with E-state index >= 15 is 0 Å². The monoisotopic (exact) mass is 451 g/mol. The number of pyridine rings is 1. The van der Waals surface area contributed by atoms with Crippen molar-refractivity contribution in [1.29, 1.82) is 5.26 Å². The molecule has 9 nitrogen and oxygen atoms in total. The number of nitriles is 1. The van der Waals surface area contributed by atoms with Gasteiger partial charge in [-0.05, 0) is 67.1 Å². The quantitative estimate of drug-likeness (QED) is 0.324. The molecule has 33 heavy (non-hydrogen) atoms. The van der Waals surface area contributed by atoms with Crippen molar-refractivity contribution < 1.29 is 19.1 Å². The highest BCUT2D eigenvalue weighted by atomic mass is 16.5. The molecule has 1 unspecified atom stereocenters. The number of benzene rings is 1. The summed E-state index contributed by atoms with van der Waals surface area (Å²) in [6, 6.07) is 9.27. The van der Waals surface area contributed by atoms with Gasteiger partial charge in [-0.3, -0.25) is 24.8 Å². The highest BCUT2D eigenvalue weighted by molar-refractivity contribution is 5.98. The Balaban J connectivity index is 1.84. The zero-order valence-electron chi connectivity index (χ0n) is 19.1. The van der Waals surface area contributed by atoms with Crippen molar-refractivity contribution in [2.45, 2.75) is 39.2 Å². The first-order valence-electron chi connectivity index (χ1n) is 10.7. The molecule has 2 rings (SSSR count). The zero-order chi connectivity index (χ0) is 24.2. The van der Waals surface area contributed by atoms with E-state index in [0.717, 1.165) is 16.9 Å². The Labute approximate surface area is 193 Å². The maximum atomic E-state index is 12.6. The molecule has 0 aliphatic heterocycles. The third-order valence-corrected chi connectivity index (χ3v) is 4.78. The highest BCUT2D eigenvalue weighted by Gasteiger charge is 2.25. The van der Waals surface area contributed by atoms with Gasteiger partial charge in [0.2, 0.25) is 0 Å². The van der Waals surface area contributed by atoms with Crippen LogP contribution in [0.5, 0.6) is 0 Å². The van der Waals surface area contributed by atoms with Crippen molar-refractivity contribution in [3.05, 3.63) is 59.9 Å². The lowest BCUT2D eigenvalue weighted by Gasteiger charge is -2.21. The fraction of sp³-hybridized carbons (Fsp3) is 0.375. The van der Waals surface area contributed by atoms with Crippen molar-refractivity contribution in [2.75, 3.05) is 19.0 Å². The van der Waals surface area contributed by atoms with E-state index in [-0.39, 0.29) is 12.5 Å². The molecule has 0 aliphatic rings. The van der Waals surface area contributed by atoms with E-state index in [9.17, 15) is 14.4 Å². The average Bonchev–Trinajstić information content (AvgIpc) is 2.81. The maximum absolute atomic E-state index is 12.6. The molecule has 1 aromatic carbocycles. The molecule has 174 valence electrons. The molecule has 9 heteroatoms. The van der Waals surface area contributed by atoms with Gasteiger partial charge in [-0.2, -0.15) is 5.26 Å². The summed E-state index contributed by atoms with van der Waals surface area (Å²) in [7, 11) is 1.36. The minimum Gasteiger partial charge on any atom is -0.449 e. The smallest absolute Gasteiger partial charge is 0.411 e. The van der Waals surface area contributed by atoms with Crippen LogP contribution in [0.15, 0.2) is 48.8 Å². The number of aromatic nitrogens is 1. The molecule has 3 amide bonds. The summed E-state index contributed by atoms with van der Waals surface area (Å²) < 4.78 is 5.18. The van der Waals surface area contributed by atoms with Crippen LogP contribution in [0.2, 0.25) is 0 Å². The van der Waals surface area contributed by atoms with Gasteiger partial charge in [0.05, 0.1) is 6.61 Å². The standard InChI is InChI=1S/C24H29N5O4/c1-17(2)15-21(23(31)29(3)16-25)28-22(30)19-6-8-20(9-7-19)27-24(32)33-14-4-5-18-10-12-26-13-11-18/h6-13,17,21H,4-5,14-15H2,1-3H3,(H,27,32)(H,28,30). The molecular formula is C24H29N5O4. The minimum absolute atomic E-state index is 0.147. The molecule has 1 heterocycles. The lowest BCUT2D eigenvalue weighted by atomic mass is 10.0. The van der Waals surface area contributed by atoms with Gasteiger partial charge < -0.3 is 10.1 Å². The van der Waals surface area contributed by atoms with Crippen LogP contribution in [-0.2, 0) is 16.0 Å². The lowest BCUT2D eigenvalue weighted by Crippen LogP contribution is -2.46. The molecule has 0 spiro atoms. The van der Waals surface area contributed by atoms with Gasteiger partial charge in [-0.1, -0.05) is 13.8 Å². The van der Waals surface area contributed by atoms with Crippen LogP contribution in [0.4, 0.5) is 10.5 Å². The van der Waals surface area contributed by atoms with Crippen molar-refractivity contribution in [3.63, 3.8) is 0 Å². The predicted molar refractivity (Wildman–Crippen MR) is 123 cm³/mol. The number of carbonyl (C=O) groups is 3. The van der Waals surface area contributed by atoms with Crippen LogP contribution in [0, 0.1) is 17.4 Å². The van der Waals surface area contributed by atoms with E-state index in [4.69, 9.17) is 10.00 Å². The minimum atomic E-state index is -0.804. The fourth-order valence-electron chi connectivity index (χ4n) is 3.07. The second kappa shape index (κ2) is 12.8. The SMILES string of the molecule is CC(C)CC(NC(=O)c1ccc(NC(=O)OCCCc2ccncc2)cc1)C(=O)N(C)C#N. The average molecular weight is 452 g/mol. The van der Waals surface area contributed by atoms with Crippen LogP contribution in [0.1, 0.15) is 42.6 Å². The molecule has 0 fully saturated rings. The summed E-state index contributed by atoms with van der Waals surface area (Å²) in [5.41, 5.74) is 1.93. The number of carbonyl (C=O) groups excluding carboxylic acids is 3. The first-order valence-corrected chi connectivity index (χ1v) is 10.7. The van der Waals surface area contributed by atoms with Crippen LogP contribution in [0.25, 0.3) is 0 Å². The summed E-state index contributed by atoms with van der Waals surface area (Å²) in [4.78, 5) is 41.8. The number of ether oxygens (including phenoxy) is 1. The van der Waals surface area contributed by atoms with Crippen molar-refractivity contribution in [3.8, 4) is 6.19 Å². The van der Waals surface area contributed by atoms with E-state index < -0.39 is 23.9 Å². The van der Waals surface area contributed by atoms with Gasteiger partial charge in [0.1, 0.15) is 6.04 Å². The Hall–Kier alpha value is -3.93. The Morgan fingerprint density at radius 3 is 2.39 bits per heavy atom. The van der Waals surface area contributed by atoms with E-state index in [1.54, 1.807) is 42.9 Å². The number of nitrogens with zero attached hydrogens (tertiary/aromatic N) is 3. The van der Waals surface area contributed by atoms with Crippen LogP contribution < -0.4 is 10.6 Å². The van der Waals surface area contributed by atoms with Gasteiger partial charge in [-0.15, -0.1) is 0 Å². The fourth-order valence-corrected chi connectivity index (χ4v) is 3.07. The number of aryl methyl sites for hydroxylation is 1. The first-order chi connectivity index (χ1) is 15.8. The first kappa shape index (κ1) is 25.3. The summed E-state index contributed by atoms with van der Waals surface area (Å²) >= 11 is 0. The maximum Gasteiger partial charge on any atom is 0.411 e. The van der Waals surface area contributed by atoms with E-state index in [0.29, 0.717) is 24.1 Å². The number of amides is 3. The summed E-state index contributed by atoms with van der Waals surface area (Å²) in [5.74, 6) is -0.760. The number of likely N-dealkylation sites (N-methyl/N-ethyl adjacent to an activating group) is 1. The molecule has 0 bridgehead atoms. The number of hydrogen-bond donors (Lipinski definition) is 2. The Kier molecular flexibility index (Phi) is 9.83. The molecule has 2 aromatic rings. The zero-order valence-corrected chi connectivity index (χ0v) is 19.1. The number of hydrogen-bond acceptors (Lipinski definition) is 6. The predicted octanol–water partition coefficient (Wildman–Crippen LogP) is 3.35. The topological polar surface area (TPSA) is 124 Å². The molecular weight excluding hydrogens is 422 g/mol. The largest absolute Gasteiger partial charge is 0.449 e. The van der Waals surface area contributed by atoms with Crippen molar-refractivity contribution in [1.82, 2.24) is 15.2 Å². The van der Waals surface area contributed by atoms with Crippen molar-refractivity contribution in [2.24, 2.45) is 5.92 Å². The summed E-state index contributed by atoms with van der Waals surface area (Å²) in [6.07, 6.45) is 6.50. The second-order valence-corrected chi connectivity index (χ2v) is 7.95. The van der Waals surface area contributed by atoms with E-state index in [2.05, 4.69) is 15.6 Å². The van der Waals surface area contributed by atoms with Gasteiger partial charge in [-0.25, -0.2) is 4.79 Å². The van der Waals surface area contributed by atoms with Gasteiger partial charge in [0.25, 0.3) is 11.8 Å². The molecule has 1 aromatic heterocycles. The van der Waals surface area contributed by atoms with Crippen molar-refractivity contribution >= 4 is 23.6 Å². The Morgan fingerprint density at radius 1 is 1.12 bits per heavy atom. The Morgan fingerprint density at radius 2 is 1.79 bits per heavy atom. The van der Waals surface area contributed by atoms with Crippen LogP contribution >= 0.6 is 0 Å². The van der Waals surface area contributed by atoms with Gasteiger partial charge in [0.15, 0.2) is 6.19 Å². The summed E-state index contributed by atoms with van der Waals surface area (Å²) in [5, 5.41) is 14.3. The highest BCUT2D eigenvalue weighted by Crippen LogP contribution is 2.12. The number of rotatable bonds is 10. The third-order valence-electron chi connectivity index (χ3n) is 4.78. The summed E-state index contributed by atoms with van der Waals surface area (Å²) in [6.45, 7) is 4.13. The second-order valence-electron chi connectivity index (χ2n) is 7.95.